The second-order valence-electron chi connectivity index (χ2n) is 7.14. The summed E-state index contributed by atoms with van der Waals surface area (Å²) in [5.74, 6) is 0.274. The van der Waals surface area contributed by atoms with Crippen LogP contribution in [0.25, 0.3) is 0 Å². The van der Waals surface area contributed by atoms with Crippen molar-refractivity contribution in [3.05, 3.63) is 50.9 Å². The van der Waals surface area contributed by atoms with E-state index in [9.17, 15) is 9.90 Å². The minimum atomic E-state index is -0.0141. The molecule has 2 fully saturated rings. The fourth-order valence-electron chi connectivity index (χ4n) is 3.73. The summed E-state index contributed by atoms with van der Waals surface area (Å²) in [6, 6.07) is 7.15. The van der Waals surface area contributed by atoms with Gasteiger partial charge in [0.15, 0.2) is 0 Å². The van der Waals surface area contributed by atoms with Gasteiger partial charge in [-0.15, -0.1) is 0 Å². The molecule has 1 aromatic heterocycles. The Hall–Kier alpha value is -1.86. The summed E-state index contributed by atoms with van der Waals surface area (Å²) < 4.78 is 2.64. The van der Waals surface area contributed by atoms with Gasteiger partial charge in [-0.3, -0.25) is 9.69 Å². The molecule has 0 bridgehead atoms. The van der Waals surface area contributed by atoms with E-state index in [2.05, 4.69) is 30.8 Å². The molecule has 4 rings (SSSR count). The molecule has 1 atom stereocenters. The minimum Gasteiger partial charge on any atom is -0.508 e. The van der Waals surface area contributed by atoms with Gasteiger partial charge in [-0.2, -0.15) is 5.10 Å². The monoisotopic (exact) mass is 418 g/mol. The molecule has 0 amide bonds. The van der Waals surface area contributed by atoms with Crippen molar-refractivity contribution in [2.45, 2.75) is 31.8 Å². The normalized spacial score (nSPS) is 20.8. The fraction of sp³-hybridized carbons (Fsp3) is 0.474. The molecule has 0 aliphatic carbocycles. The van der Waals surface area contributed by atoms with E-state index < -0.39 is 0 Å². The number of halogens is 1. The Kier molecular flexibility index (Phi) is 5.00. The van der Waals surface area contributed by atoms with Gasteiger partial charge < -0.3 is 10.0 Å². The fourth-order valence-corrected chi connectivity index (χ4v) is 4.10. The van der Waals surface area contributed by atoms with Crippen molar-refractivity contribution in [1.29, 1.82) is 0 Å². The highest BCUT2D eigenvalue weighted by Crippen LogP contribution is 2.27. The Morgan fingerprint density at radius 2 is 2.04 bits per heavy atom. The van der Waals surface area contributed by atoms with Gasteiger partial charge in [0.05, 0.1) is 17.9 Å². The van der Waals surface area contributed by atoms with E-state index in [1.54, 1.807) is 22.9 Å². The van der Waals surface area contributed by atoms with Crippen molar-refractivity contribution in [1.82, 2.24) is 14.7 Å². The summed E-state index contributed by atoms with van der Waals surface area (Å²) in [6.07, 6.45) is 5.01. The third-order valence-corrected chi connectivity index (χ3v) is 6.06. The summed E-state index contributed by atoms with van der Waals surface area (Å²) in [5, 5.41) is 14.2. The lowest BCUT2D eigenvalue weighted by atomic mass is 10.0. The van der Waals surface area contributed by atoms with Crippen LogP contribution in [0.15, 0.2) is 39.7 Å². The number of likely N-dealkylation sites (tertiary alicyclic amines) is 1. The van der Waals surface area contributed by atoms with Crippen LogP contribution in [-0.2, 0) is 6.54 Å². The molecule has 2 aromatic rings. The zero-order valence-electron chi connectivity index (χ0n) is 14.6. The van der Waals surface area contributed by atoms with Crippen LogP contribution >= 0.6 is 15.9 Å². The van der Waals surface area contributed by atoms with Crippen LogP contribution in [0.4, 0.5) is 5.69 Å². The Labute approximate surface area is 161 Å². The summed E-state index contributed by atoms with van der Waals surface area (Å²) in [7, 11) is 0. The summed E-state index contributed by atoms with van der Waals surface area (Å²) in [5.41, 5.74) is 1.98. The molecule has 2 aliphatic heterocycles. The number of benzene rings is 1. The van der Waals surface area contributed by atoms with E-state index in [4.69, 9.17) is 0 Å². The number of aromatic hydroxyl groups is 1. The predicted molar refractivity (Wildman–Crippen MR) is 105 cm³/mol. The van der Waals surface area contributed by atoms with Gasteiger partial charge in [0.25, 0.3) is 5.56 Å². The number of anilines is 1. The molecule has 7 heteroatoms. The number of hydrogen-bond acceptors (Lipinski definition) is 5. The minimum absolute atomic E-state index is 0.0141. The quantitative estimate of drug-likeness (QED) is 0.826. The van der Waals surface area contributed by atoms with Gasteiger partial charge in [-0.25, -0.2) is 4.68 Å². The van der Waals surface area contributed by atoms with Crippen LogP contribution in [0.5, 0.6) is 5.75 Å². The van der Waals surface area contributed by atoms with E-state index in [1.807, 2.05) is 12.3 Å². The van der Waals surface area contributed by atoms with E-state index in [-0.39, 0.29) is 17.4 Å². The van der Waals surface area contributed by atoms with Crippen molar-refractivity contribution in [2.75, 3.05) is 31.1 Å². The molecule has 1 aromatic carbocycles. The topological polar surface area (TPSA) is 61.6 Å². The maximum Gasteiger partial charge on any atom is 0.269 e. The lowest BCUT2D eigenvalue weighted by Crippen LogP contribution is -2.41. The Balaban J connectivity index is 1.48. The van der Waals surface area contributed by atoms with Crippen LogP contribution < -0.4 is 10.5 Å². The summed E-state index contributed by atoms with van der Waals surface area (Å²) >= 11 is 3.55. The van der Waals surface area contributed by atoms with Gasteiger partial charge >= 0.3 is 0 Å². The molecule has 26 heavy (non-hydrogen) atoms. The largest absolute Gasteiger partial charge is 0.508 e. The van der Waals surface area contributed by atoms with Crippen molar-refractivity contribution in [2.24, 2.45) is 0 Å². The zero-order valence-corrected chi connectivity index (χ0v) is 16.2. The Morgan fingerprint density at radius 1 is 1.19 bits per heavy atom. The highest BCUT2D eigenvalue weighted by atomic mass is 79.9. The number of phenolic OH excluding ortho intramolecular Hbond substituents is 1. The first-order chi connectivity index (χ1) is 12.6. The number of nitrogens with zero attached hydrogens (tertiary/aromatic N) is 4. The van der Waals surface area contributed by atoms with Crippen LogP contribution in [0, 0.1) is 0 Å². The highest BCUT2D eigenvalue weighted by Gasteiger charge is 2.24. The first-order valence-electron chi connectivity index (χ1n) is 9.14. The third kappa shape index (κ3) is 3.64. The Bertz CT molecular complexity index is 850. The molecule has 0 saturated carbocycles. The summed E-state index contributed by atoms with van der Waals surface area (Å²) in [4.78, 5) is 17.1. The first kappa shape index (κ1) is 17.5. The second-order valence-corrected chi connectivity index (χ2v) is 8.00. The first-order valence-corrected chi connectivity index (χ1v) is 9.93. The molecule has 3 heterocycles. The van der Waals surface area contributed by atoms with E-state index >= 15 is 0 Å². The number of phenols is 1. The van der Waals surface area contributed by atoms with E-state index in [1.165, 1.54) is 6.42 Å². The van der Waals surface area contributed by atoms with Crippen LogP contribution in [-0.4, -0.2) is 46.0 Å². The lowest BCUT2D eigenvalue weighted by Gasteiger charge is -2.34. The SMILES string of the molecule is O=c1cc(N2CCC2)cnn1[C@H]1CCCN(Cc2cc(O)ccc2Br)C1. The molecule has 0 spiro atoms. The van der Waals surface area contributed by atoms with Gasteiger partial charge in [0.2, 0.25) is 0 Å². The maximum atomic E-state index is 12.6. The van der Waals surface area contributed by atoms with Crippen molar-refractivity contribution >= 4 is 21.6 Å². The van der Waals surface area contributed by atoms with Crippen LogP contribution in [0.2, 0.25) is 0 Å². The zero-order chi connectivity index (χ0) is 18.1. The Morgan fingerprint density at radius 3 is 2.77 bits per heavy atom. The average molecular weight is 419 g/mol. The van der Waals surface area contributed by atoms with Crippen molar-refractivity contribution in [3.63, 3.8) is 0 Å². The average Bonchev–Trinajstić information content (AvgIpc) is 2.57. The maximum absolute atomic E-state index is 12.6. The number of rotatable bonds is 4. The molecular formula is C19H23BrN4O2. The van der Waals surface area contributed by atoms with Crippen molar-refractivity contribution in [3.8, 4) is 5.75 Å². The van der Waals surface area contributed by atoms with Gasteiger partial charge in [-0.1, -0.05) is 15.9 Å². The molecule has 1 N–H and O–H groups in total. The molecule has 0 unspecified atom stereocenters. The van der Waals surface area contributed by atoms with Crippen molar-refractivity contribution < 1.29 is 5.11 Å². The number of aromatic nitrogens is 2. The van der Waals surface area contributed by atoms with E-state index in [0.717, 1.165) is 61.3 Å². The summed E-state index contributed by atoms with van der Waals surface area (Å²) in [6.45, 7) is 4.55. The van der Waals surface area contributed by atoms with Gasteiger partial charge in [0, 0.05) is 36.7 Å². The molecular weight excluding hydrogens is 396 g/mol. The molecule has 2 aliphatic rings. The molecule has 2 saturated heterocycles. The van der Waals surface area contributed by atoms with Crippen LogP contribution in [0.3, 0.4) is 0 Å². The van der Waals surface area contributed by atoms with Gasteiger partial charge in [-0.05, 0) is 49.6 Å². The van der Waals surface area contributed by atoms with E-state index in [0.29, 0.717) is 0 Å². The number of hydrogen-bond donors (Lipinski definition) is 1. The predicted octanol–water partition coefficient (Wildman–Crippen LogP) is 2.76. The molecule has 138 valence electrons. The van der Waals surface area contributed by atoms with Crippen LogP contribution in [0.1, 0.15) is 30.9 Å². The second kappa shape index (κ2) is 7.40. The smallest absolute Gasteiger partial charge is 0.269 e. The third-order valence-electron chi connectivity index (χ3n) is 5.28. The van der Waals surface area contributed by atoms with Gasteiger partial charge in [0.1, 0.15) is 5.75 Å². The highest BCUT2D eigenvalue weighted by molar-refractivity contribution is 9.10. The molecule has 0 radical (unpaired) electrons. The lowest BCUT2D eigenvalue weighted by molar-refractivity contribution is 0.159. The number of piperidine rings is 1. The standard InChI is InChI=1S/C19H23BrN4O2/c20-18-5-4-17(25)9-14(18)12-22-6-1-3-15(13-22)24-19(26)10-16(11-21-24)23-7-2-8-23/h4-5,9-11,15,25H,1-3,6-8,12-13H2/t15-/m0/s1. The molecule has 6 nitrogen and oxygen atoms in total.